The predicted octanol–water partition coefficient (Wildman–Crippen LogP) is 0.466. The zero-order chi connectivity index (χ0) is 13.0. The molecule has 0 atom stereocenters. The van der Waals surface area contributed by atoms with Crippen LogP contribution in [0.5, 0.6) is 5.75 Å². The molecule has 0 aliphatic rings. The number of ether oxygens (including phenoxy) is 1. The molecule has 102 valence electrons. The van der Waals surface area contributed by atoms with E-state index in [9.17, 15) is 0 Å². The summed E-state index contributed by atoms with van der Waals surface area (Å²) < 4.78 is 6.02. The summed E-state index contributed by atoms with van der Waals surface area (Å²) in [4.78, 5) is 0. The van der Waals surface area contributed by atoms with Crippen LogP contribution >= 0.6 is 0 Å². The van der Waals surface area contributed by atoms with Crippen molar-refractivity contribution in [1.29, 1.82) is 0 Å². The third-order valence-corrected chi connectivity index (χ3v) is 3.19. The fourth-order valence-electron chi connectivity index (χ4n) is 2.11. The van der Waals surface area contributed by atoms with Crippen molar-refractivity contribution >= 4 is 5.69 Å². The van der Waals surface area contributed by atoms with Gasteiger partial charge in [0.1, 0.15) is 18.0 Å². The smallest absolute Gasteiger partial charge is 0.132 e. The van der Waals surface area contributed by atoms with Crippen LogP contribution in [0.25, 0.3) is 0 Å². The summed E-state index contributed by atoms with van der Waals surface area (Å²) in [5.74, 6) is 0.906. The number of hydrogen-bond acceptors (Lipinski definition) is 1. The van der Waals surface area contributed by atoms with Crippen molar-refractivity contribution in [2.24, 2.45) is 0 Å². The standard InChI is InChI=1S/C16H20NO.ClH/c1-17(2,15-7-5-4-6-8-15)13-14-9-11-16(18-3)12-10-14;/h4-12H,13H2,1-3H3;1H/q+1;/p-1. The van der Waals surface area contributed by atoms with Crippen LogP contribution in [0.2, 0.25) is 0 Å². The number of hydrogen-bond donors (Lipinski definition) is 0. The molecule has 0 aliphatic carbocycles. The molecule has 0 saturated heterocycles. The lowest BCUT2D eigenvalue weighted by Gasteiger charge is -2.29. The molecule has 2 rings (SSSR count). The van der Waals surface area contributed by atoms with Crippen molar-refractivity contribution in [2.75, 3.05) is 21.2 Å². The Balaban J connectivity index is 0.00000180. The molecule has 0 unspecified atom stereocenters. The van der Waals surface area contributed by atoms with Crippen molar-refractivity contribution in [2.45, 2.75) is 6.54 Å². The molecule has 0 spiro atoms. The lowest BCUT2D eigenvalue weighted by Crippen LogP contribution is -3.00. The zero-order valence-electron chi connectivity index (χ0n) is 11.6. The topological polar surface area (TPSA) is 9.23 Å². The van der Waals surface area contributed by atoms with E-state index < -0.39 is 0 Å². The van der Waals surface area contributed by atoms with E-state index >= 15 is 0 Å². The summed E-state index contributed by atoms with van der Waals surface area (Å²) >= 11 is 0. The Morgan fingerprint density at radius 3 is 2.00 bits per heavy atom. The minimum Gasteiger partial charge on any atom is -1.00 e. The van der Waals surface area contributed by atoms with E-state index in [0.29, 0.717) is 0 Å². The summed E-state index contributed by atoms with van der Waals surface area (Å²) in [5, 5.41) is 0. The van der Waals surface area contributed by atoms with Crippen LogP contribution in [-0.4, -0.2) is 21.2 Å². The molecule has 2 aromatic carbocycles. The van der Waals surface area contributed by atoms with Gasteiger partial charge >= 0.3 is 0 Å². The Hall–Kier alpha value is -1.51. The molecule has 0 saturated carbocycles. The van der Waals surface area contributed by atoms with E-state index in [1.54, 1.807) is 7.11 Å². The summed E-state index contributed by atoms with van der Waals surface area (Å²) in [6.07, 6.45) is 0. The minimum absolute atomic E-state index is 0. The van der Waals surface area contributed by atoms with Gasteiger partial charge in [0.05, 0.1) is 21.2 Å². The van der Waals surface area contributed by atoms with Gasteiger partial charge in [0.15, 0.2) is 0 Å². The maximum absolute atomic E-state index is 5.18. The van der Waals surface area contributed by atoms with E-state index in [1.165, 1.54) is 11.3 Å². The first-order valence-electron chi connectivity index (χ1n) is 6.13. The van der Waals surface area contributed by atoms with Crippen molar-refractivity contribution in [3.05, 3.63) is 60.2 Å². The molecule has 3 heteroatoms. The van der Waals surface area contributed by atoms with Crippen molar-refractivity contribution in [1.82, 2.24) is 4.48 Å². The Kier molecular flexibility index (Phi) is 5.40. The van der Waals surface area contributed by atoms with Gasteiger partial charge in [-0.3, -0.25) is 4.48 Å². The molecule has 0 N–H and O–H groups in total. The van der Waals surface area contributed by atoms with E-state index in [4.69, 9.17) is 4.74 Å². The summed E-state index contributed by atoms with van der Waals surface area (Å²) in [5.41, 5.74) is 2.62. The molecule has 0 fully saturated rings. The largest absolute Gasteiger partial charge is 1.00 e. The van der Waals surface area contributed by atoms with Gasteiger partial charge in [0.2, 0.25) is 0 Å². The van der Waals surface area contributed by atoms with Crippen LogP contribution in [0.15, 0.2) is 54.6 Å². The SMILES string of the molecule is COc1ccc(C[N+](C)(C)c2ccccc2)cc1.[Cl-]. The fourth-order valence-corrected chi connectivity index (χ4v) is 2.11. The number of nitrogens with zero attached hydrogens (tertiary/aromatic N) is 1. The van der Waals surface area contributed by atoms with E-state index in [-0.39, 0.29) is 12.4 Å². The van der Waals surface area contributed by atoms with Gasteiger partial charge in [-0.15, -0.1) is 0 Å². The highest BCUT2D eigenvalue weighted by atomic mass is 35.5. The Labute approximate surface area is 121 Å². The highest BCUT2D eigenvalue weighted by Gasteiger charge is 2.18. The summed E-state index contributed by atoms with van der Waals surface area (Å²) in [6.45, 7) is 0.966. The van der Waals surface area contributed by atoms with Crippen molar-refractivity contribution in [3.63, 3.8) is 0 Å². The molecule has 0 bridgehead atoms. The molecular formula is C16H20ClNO. The minimum atomic E-state index is 0. The van der Waals surface area contributed by atoms with Crippen LogP contribution in [-0.2, 0) is 6.54 Å². The normalized spacial score (nSPS) is 10.7. The third-order valence-electron chi connectivity index (χ3n) is 3.19. The average molecular weight is 278 g/mol. The van der Waals surface area contributed by atoms with Gasteiger partial charge in [0, 0.05) is 5.56 Å². The van der Waals surface area contributed by atoms with Gasteiger partial charge in [-0.2, -0.15) is 0 Å². The maximum Gasteiger partial charge on any atom is 0.132 e. The van der Waals surface area contributed by atoms with Crippen LogP contribution in [0, 0.1) is 0 Å². The van der Waals surface area contributed by atoms with Crippen LogP contribution in [0.4, 0.5) is 5.69 Å². The van der Waals surface area contributed by atoms with E-state index in [0.717, 1.165) is 16.8 Å². The molecule has 0 radical (unpaired) electrons. The van der Waals surface area contributed by atoms with Gasteiger partial charge in [-0.1, -0.05) is 18.2 Å². The second-order valence-electron chi connectivity index (χ2n) is 5.03. The molecule has 19 heavy (non-hydrogen) atoms. The molecule has 2 nitrogen and oxygen atoms in total. The molecule has 0 amide bonds. The number of benzene rings is 2. The monoisotopic (exact) mass is 277 g/mol. The zero-order valence-corrected chi connectivity index (χ0v) is 12.4. The highest BCUT2D eigenvalue weighted by Crippen LogP contribution is 2.22. The van der Waals surface area contributed by atoms with Gasteiger partial charge in [-0.25, -0.2) is 0 Å². The average Bonchev–Trinajstić information content (AvgIpc) is 2.40. The van der Waals surface area contributed by atoms with E-state index in [1.807, 2.05) is 12.1 Å². The third kappa shape index (κ3) is 3.98. The van der Waals surface area contributed by atoms with Gasteiger partial charge in [-0.05, 0) is 36.4 Å². The van der Waals surface area contributed by atoms with Crippen LogP contribution in [0.1, 0.15) is 5.56 Å². The number of halogens is 1. The second kappa shape index (κ2) is 6.60. The first kappa shape index (κ1) is 15.5. The Bertz CT molecular complexity index is 494. The molecule has 2 aromatic rings. The van der Waals surface area contributed by atoms with Crippen LogP contribution in [0.3, 0.4) is 0 Å². The number of para-hydroxylation sites is 1. The van der Waals surface area contributed by atoms with Crippen molar-refractivity contribution < 1.29 is 17.1 Å². The van der Waals surface area contributed by atoms with Crippen LogP contribution < -0.4 is 21.6 Å². The lowest BCUT2D eigenvalue weighted by molar-refractivity contribution is -0.00000424. The Morgan fingerprint density at radius 1 is 0.895 bits per heavy atom. The molecule has 0 aliphatic heterocycles. The Morgan fingerprint density at radius 2 is 1.47 bits per heavy atom. The number of quaternary nitrogens is 1. The summed E-state index contributed by atoms with van der Waals surface area (Å²) in [6, 6.07) is 18.8. The lowest BCUT2D eigenvalue weighted by atomic mass is 10.1. The first-order valence-corrected chi connectivity index (χ1v) is 6.13. The summed E-state index contributed by atoms with van der Waals surface area (Å²) in [7, 11) is 6.14. The molecular weight excluding hydrogens is 258 g/mol. The van der Waals surface area contributed by atoms with Gasteiger partial charge in [0.25, 0.3) is 0 Å². The van der Waals surface area contributed by atoms with Crippen molar-refractivity contribution in [3.8, 4) is 5.75 Å². The molecule has 0 aromatic heterocycles. The predicted molar refractivity (Wildman–Crippen MR) is 76.8 cm³/mol. The quantitative estimate of drug-likeness (QED) is 0.738. The van der Waals surface area contributed by atoms with Gasteiger partial charge < -0.3 is 17.1 Å². The van der Waals surface area contributed by atoms with E-state index in [2.05, 4.69) is 56.6 Å². The highest BCUT2D eigenvalue weighted by molar-refractivity contribution is 5.42. The maximum atomic E-state index is 5.18. The molecule has 0 heterocycles. The first-order chi connectivity index (χ1) is 8.62. The fraction of sp³-hybridized carbons (Fsp3) is 0.250. The second-order valence-corrected chi connectivity index (χ2v) is 5.03. The number of methoxy groups -OCH3 is 1. The number of rotatable bonds is 4.